The summed E-state index contributed by atoms with van der Waals surface area (Å²) in [5.74, 6) is 0.285. The van der Waals surface area contributed by atoms with Crippen molar-refractivity contribution < 1.29 is 9.59 Å². The van der Waals surface area contributed by atoms with E-state index in [1.807, 2.05) is 19.9 Å². The van der Waals surface area contributed by atoms with E-state index in [2.05, 4.69) is 6.08 Å². The van der Waals surface area contributed by atoms with Crippen molar-refractivity contribution >= 4 is 12.6 Å². The summed E-state index contributed by atoms with van der Waals surface area (Å²) in [5, 5.41) is 0. The molecule has 2 heteroatoms. The summed E-state index contributed by atoms with van der Waals surface area (Å²) in [6.45, 7) is 3.97. The van der Waals surface area contributed by atoms with Gasteiger partial charge in [0.05, 0.1) is 0 Å². The first-order valence-electron chi connectivity index (χ1n) is 6.73. The van der Waals surface area contributed by atoms with E-state index in [1.165, 1.54) is 0 Å². The molecule has 0 spiro atoms. The Morgan fingerprint density at radius 1 is 1.41 bits per heavy atom. The van der Waals surface area contributed by atoms with Crippen molar-refractivity contribution in [2.45, 2.75) is 52.4 Å². The fraction of sp³-hybridized carbons (Fsp3) is 0.733. The van der Waals surface area contributed by atoms with Gasteiger partial charge in [-0.15, -0.1) is 0 Å². The lowest BCUT2D eigenvalue weighted by atomic mass is 9.70. The largest absolute Gasteiger partial charge is 0.303 e. The molecule has 0 unspecified atom stereocenters. The van der Waals surface area contributed by atoms with Crippen LogP contribution in [0.5, 0.6) is 0 Å². The number of carbonyl (C=O) groups is 2. The molecule has 0 aromatic heterocycles. The van der Waals surface area contributed by atoms with Crippen LogP contribution < -0.4 is 0 Å². The monoisotopic (exact) mass is 236 g/mol. The molecule has 0 amide bonds. The minimum atomic E-state index is -0.220. The van der Waals surface area contributed by atoms with E-state index in [0.29, 0.717) is 0 Å². The molecular weight excluding hydrogens is 212 g/mol. The second kappa shape index (κ2) is 6.73. The lowest BCUT2D eigenvalue weighted by Crippen LogP contribution is -2.32. The first kappa shape index (κ1) is 14.1. The predicted molar refractivity (Wildman–Crippen MR) is 69.7 cm³/mol. The Bertz CT molecular complexity index is 283. The molecule has 1 rings (SSSR count). The van der Waals surface area contributed by atoms with E-state index in [4.69, 9.17) is 0 Å². The normalized spacial score (nSPS) is 30.6. The quantitative estimate of drug-likeness (QED) is 0.385. The Kier molecular flexibility index (Phi) is 5.60. The van der Waals surface area contributed by atoms with Crippen LogP contribution in [0.1, 0.15) is 52.4 Å². The van der Waals surface area contributed by atoms with E-state index in [-0.39, 0.29) is 17.3 Å². The molecule has 0 aromatic carbocycles. The number of hydrogen-bond acceptors (Lipinski definition) is 2. The van der Waals surface area contributed by atoms with Crippen molar-refractivity contribution in [2.24, 2.45) is 17.3 Å². The van der Waals surface area contributed by atoms with Gasteiger partial charge >= 0.3 is 0 Å². The van der Waals surface area contributed by atoms with Crippen molar-refractivity contribution in [3.63, 3.8) is 0 Å². The third-order valence-corrected chi connectivity index (χ3v) is 4.23. The lowest BCUT2D eigenvalue weighted by molar-refractivity contribution is -0.121. The van der Waals surface area contributed by atoms with Crippen LogP contribution in [0.4, 0.5) is 0 Å². The molecule has 0 aromatic rings. The summed E-state index contributed by atoms with van der Waals surface area (Å²) >= 11 is 0. The van der Waals surface area contributed by atoms with Crippen LogP contribution in [0.3, 0.4) is 0 Å². The molecule has 3 atom stereocenters. The molecule has 0 aliphatic heterocycles. The maximum Gasteiger partial charge on any atom is 0.126 e. The summed E-state index contributed by atoms with van der Waals surface area (Å²) in [5.41, 5.74) is -0.220. The highest BCUT2D eigenvalue weighted by Gasteiger charge is 2.44. The molecule has 1 fully saturated rings. The third kappa shape index (κ3) is 3.27. The number of carbonyl (C=O) groups excluding carboxylic acids is 2. The molecule has 2 nitrogen and oxygen atoms in total. The minimum absolute atomic E-state index is 0.0180. The van der Waals surface area contributed by atoms with E-state index >= 15 is 0 Å². The van der Waals surface area contributed by atoms with Gasteiger partial charge in [-0.2, -0.15) is 0 Å². The molecular formula is C15H24O2. The Labute approximate surface area is 104 Å². The van der Waals surface area contributed by atoms with Crippen LogP contribution in [0, 0.1) is 17.3 Å². The average Bonchev–Trinajstić information content (AvgIpc) is 2.78. The van der Waals surface area contributed by atoms with Crippen LogP contribution in [0.2, 0.25) is 0 Å². The van der Waals surface area contributed by atoms with Gasteiger partial charge in [0.2, 0.25) is 0 Å². The van der Waals surface area contributed by atoms with Gasteiger partial charge in [-0.3, -0.25) is 0 Å². The molecule has 96 valence electrons. The lowest BCUT2D eigenvalue weighted by Gasteiger charge is -2.32. The highest BCUT2D eigenvalue weighted by atomic mass is 16.1. The van der Waals surface area contributed by atoms with Gasteiger partial charge in [0.15, 0.2) is 0 Å². The number of allylic oxidation sites excluding steroid dienone is 2. The molecule has 0 N–H and O–H groups in total. The highest BCUT2D eigenvalue weighted by molar-refractivity contribution is 5.63. The smallest absolute Gasteiger partial charge is 0.126 e. The zero-order valence-corrected chi connectivity index (χ0v) is 11.0. The Hall–Kier alpha value is -0.920. The van der Waals surface area contributed by atoms with Gasteiger partial charge in [0, 0.05) is 11.3 Å². The van der Waals surface area contributed by atoms with Gasteiger partial charge in [-0.05, 0) is 44.9 Å². The molecule has 0 saturated heterocycles. The van der Waals surface area contributed by atoms with Crippen molar-refractivity contribution in [3.05, 3.63) is 12.2 Å². The average molecular weight is 236 g/mol. The zero-order valence-electron chi connectivity index (χ0n) is 11.0. The Morgan fingerprint density at radius 2 is 2.18 bits per heavy atom. The number of rotatable bonds is 7. The van der Waals surface area contributed by atoms with E-state index in [0.717, 1.165) is 51.1 Å². The van der Waals surface area contributed by atoms with E-state index < -0.39 is 0 Å². The number of aldehydes is 2. The first-order valence-corrected chi connectivity index (χ1v) is 6.73. The molecule has 1 saturated carbocycles. The summed E-state index contributed by atoms with van der Waals surface area (Å²) in [4.78, 5) is 22.4. The molecule has 0 heterocycles. The van der Waals surface area contributed by atoms with Crippen molar-refractivity contribution in [1.82, 2.24) is 0 Å². The molecule has 1 aliphatic rings. The van der Waals surface area contributed by atoms with Gasteiger partial charge in [0.25, 0.3) is 0 Å². The summed E-state index contributed by atoms with van der Waals surface area (Å²) in [6.07, 6.45) is 12.5. The Balaban J connectivity index is 2.64. The van der Waals surface area contributed by atoms with Crippen LogP contribution in [0.25, 0.3) is 0 Å². The second-order valence-electron chi connectivity index (χ2n) is 5.31. The SMILES string of the molecule is C/C=C\CCC[C@]1(C=O)CCC[C@H]1[C@H](C)C=O. The van der Waals surface area contributed by atoms with Gasteiger partial charge in [-0.25, -0.2) is 0 Å². The first-order chi connectivity index (χ1) is 8.20. The van der Waals surface area contributed by atoms with E-state index in [1.54, 1.807) is 0 Å². The highest BCUT2D eigenvalue weighted by Crippen LogP contribution is 2.48. The van der Waals surface area contributed by atoms with Crippen LogP contribution >= 0.6 is 0 Å². The maximum atomic E-state index is 11.5. The van der Waals surface area contributed by atoms with Crippen LogP contribution in [0.15, 0.2) is 12.2 Å². The van der Waals surface area contributed by atoms with Crippen molar-refractivity contribution in [1.29, 1.82) is 0 Å². The Morgan fingerprint density at radius 3 is 2.76 bits per heavy atom. The van der Waals surface area contributed by atoms with Gasteiger partial charge < -0.3 is 9.59 Å². The zero-order chi connectivity index (χ0) is 12.7. The molecule has 17 heavy (non-hydrogen) atoms. The van der Waals surface area contributed by atoms with Crippen LogP contribution in [-0.4, -0.2) is 12.6 Å². The standard InChI is InChI=1S/C15H24O2/c1-3-4-5-6-9-15(12-17)10-7-8-14(15)13(2)11-16/h3-4,11-14H,5-10H2,1-2H3/b4-3-/t13-,14+,15-/m1/s1. The third-order valence-electron chi connectivity index (χ3n) is 4.23. The fourth-order valence-corrected chi connectivity index (χ4v) is 3.24. The maximum absolute atomic E-state index is 11.5. The van der Waals surface area contributed by atoms with E-state index in [9.17, 15) is 9.59 Å². The van der Waals surface area contributed by atoms with Crippen molar-refractivity contribution in [2.75, 3.05) is 0 Å². The summed E-state index contributed by atoms with van der Waals surface area (Å²) in [6, 6.07) is 0. The van der Waals surface area contributed by atoms with Crippen molar-refractivity contribution in [3.8, 4) is 0 Å². The summed E-state index contributed by atoms with van der Waals surface area (Å²) < 4.78 is 0. The molecule has 1 aliphatic carbocycles. The summed E-state index contributed by atoms with van der Waals surface area (Å²) in [7, 11) is 0. The van der Waals surface area contributed by atoms with Crippen LogP contribution in [-0.2, 0) is 9.59 Å². The number of unbranched alkanes of at least 4 members (excludes halogenated alkanes) is 1. The second-order valence-corrected chi connectivity index (χ2v) is 5.31. The number of hydrogen-bond donors (Lipinski definition) is 0. The van der Waals surface area contributed by atoms with Gasteiger partial charge in [0.1, 0.15) is 12.6 Å². The predicted octanol–water partition coefficient (Wildman–Crippen LogP) is 3.55. The molecule has 0 radical (unpaired) electrons. The minimum Gasteiger partial charge on any atom is -0.303 e. The molecule has 0 bridgehead atoms. The fourth-order valence-electron chi connectivity index (χ4n) is 3.24. The van der Waals surface area contributed by atoms with Gasteiger partial charge in [-0.1, -0.05) is 25.5 Å². The topological polar surface area (TPSA) is 34.1 Å².